The van der Waals surface area contributed by atoms with Gasteiger partial charge in [-0.05, 0) is 49.6 Å². The quantitative estimate of drug-likeness (QED) is 0.581. The lowest BCUT2D eigenvalue weighted by atomic mass is 10.0. The van der Waals surface area contributed by atoms with Gasteiger partial charge in [0.2, 0.25) is 5.50 Å². The van der Waals surface area contributed by atoms with Crippen LogP contribution in [0, 0.1) is 13.8 Å². The normalized spacial score (nSPS) is 12.1. The number of aryl methyl sites for hydroxylation is 2. The first kappa shape index (κ1) is 18.5. The SMILES string of the molecule is Cc1cc2oc(P(=O)(O)O)cc2c(C)c1Oc1ccc(O)c(C(C)C)c1. The molecule has 3 N–H and O–H groups in total. The average Bonchev–Trinajstić information content (AvgIpc) is 2.97. The van der Waals surface area contributed by atoms with Gasteiger partial charge in [-0.15, -0.1) is 0 Å². The van der Waals surface area contributed by atoms with Crippen LogP contribution < -0.4 is 10.2 Å². The molecule has 0 amide bonds. The van der Waals surface area contributed by atoms with E-state index in [1.165, 1.54) is 6.07 Å². The maximum absolute atomic E-state index is 11.5. The molecule has 1 aromatic heterocycles. The lowest BCUT2D eigenvalue weighted by Gasteiger charge is -2.15. The molecule has 0 saturated heterocycles. The van der Waals surface area contributed by atoms with Gasteiger partial charge in [0.1, 0.15) is 22.8 Å². The molecule has 0 aliphatic carbocycles. The lowest BCUT2D eigenvalue weighted by molar-refractivity contribution is 0.378. The molecular weight excluding hydrogens is 355 g/mol. The average molecular weight is 376 g/mol. The van der Waals surface area contributed by atoms with Gasteiger partial charge in [-0.1, -0.05) is 13.8 Å². The van der Waals surface area contributed by atoms with Gasteiger partial charge in [0, 0.05) is 22.6 Å². The summed E-state index contributed by atoms with van der Waals surface area (Å²) in [5, 5.41) is 10.5. The number of hydrogen-bond donors (Lipinski definition) is 3. The second-order valence-corrected chi connectivity index (χ2v) is 8.19. The van der Waals surface area contributed by atoms with E-state index in [2.05, 4.69) is 0 Å². The molecule has 0 spiro atoms. The highest BCUT2D eigenvalue weighted by Crippen LogP contribution is 2.40. The number of fused-ring (bicyclic) bond motifs is 1. The maximum Gasteiger partial charge on any atom is 0.391 e. The maximum atomic E-state index is 11.5. The van der Waals surface area contributed by atoms with Gasteiger partial charge >= 0.3 is 7.60 Å². The summed E-state index contributed by atoms with van der Waals surface area (Å²) in [6.07, 6.45) is 0. The smallest absolute Gasteiger partial charge is 0.391 e. The molecule has 0 aliphatic rings. The fourth-order valence-corrected chi connectivity index (χ4v) is 3.46. The monoisotopic (exact) mass is 376 g/mol. The highest BCUT2D eigenvalue weighted by molar-refractivity contribution is 7.59. The zero-order chi connectivity index (χ0) is 19.2. The lowest BCUT2D eigenvalue weighted by Crippen LogP contribution is -1.98. The zero-order valence-corrected chi connectivity index (χ0v) is 15.9. The van der Waals surface area contributed by atoms with E-state index in [9.17, 15) is 19.5 Å². The second kappa shape index (κ2) is 6.47. The van der Waals surface area contributed by atoms with Crippen molar-refractivity contribution in [1.82, 2.24) is 0 Å². The van der Waals surface area contributed by atoms with E-state index >= 15 is 0 Å². The summed E-state index contributed by atoms with van der Waals surface area (Å²) >= 11 is 0. The van der Waals surface area contributed by atoms with Crippen LogP contribution in [0.25, 0.3) is 11.0 Å². The number of phenols is 1. The van der Waals surface area contributed by atoms with Crippen molar-refractivity contribution in [3.05, 3.63) is 47.0 Å². The number of benzene rings is 2. The summed E-state index contributed by atoms with van der Waals surface area (Å²) in [6.45, 7) is 7.62. The molecule has 0 saturated carbocycles. The second-order valence-electron chi connectivity index (χ2n) is 6.67. The van der Waals surface area contributed by atoms with Crippen LogP contribution in [0.3, 0.4) is 0 Å². The number of aromatic hydroxyl groups is 1. The van der Waals surface area contributed by atoms with E-state index in [4.69, 9.17) is 9.15 Å². The summed E-state index contributed by atoms with van der Waals surface area (Å²) < 4.78 is 22.8. The Kier molecular flexibility index (Phi) is 4.61. The van der Waals surface area contributed by atoms with Gasteiger partial charge in [-0.3, -0.25) is 4.57 Å². The van der Waals surface area contributed by atoms with Crippen molar-refractivity contribution in [3.63, 3.8) is 0 Å². The van der Waals surface area contributed by atoms with Crippen LogP contribution in [-0.4, -0.2) is 14.9 Å². The van der Waals surface area contributed by atoms with Gasteiger partial charge in [0.15, 0.2) is 0 Å². The van der Waals surface area contributed by atoms with Crippen LogP contribution in [-0.2, 0) is 4.57 Å². The van der Waals surface area contributed by atoms with Crippen LogP contribution in [0.2, 0.25) is 0 Å². The summed E-state index contributed by atoms with van der Waals surface area (Å²) in [6, 6.07) is 8.12. The summed E-state index contributed by atoms with van der Waals surface area (Å²) in [4.78, 5) is 18.7. The molecule has 0 bridgehead atoms. The number of ether oxygens (including phenoxy) is 1. The first-order valence-electron chi connectivity index (χ1n) is 8.18. The third-order valence-electron chi connectivity index (χ3n) is 4.33. The van der Waals surface area contributed by atoms with Gasteiger partial charge in [0.05, 0.1) is 0 Å². The Balaban J connectivity index is 2.08. The molecule has 3 aromatic rings. The first-order chi connectivity index (χ1) is 12.1. The third kappa shape index (κ3) is 3.36. The van der Waals surface area contributed by atoms with Crippen LogP contribution >= 0.6 is 7.60 Å². The Morgan fingerprint density at radius 2 is 1.81 bits per heavy atom. The van der Waals surface area contributed by atoms with Crippen LogP contribution in [0.1, 0.15) is 36.5 Å². The van der Waals surface area contributed by atoms with Crippen LogP contribution in [0.15, 0.2) is 34.7 Å². The van der Waals surface area contributed by atoms with Gasteiger partial charge in [-0.2, -0.15) is 0 Å². The molecule has 0 fully saturated rings. The number of furan rings is 1. The Morgan fingerprint density at radius 1 is 1.12 bits per heavy atom. The van der Waals surface area contributed by atoms with Crippen molar-refractivity contribution in [2.75, 3.05) is 0 Å². The van der Waals surface area contributed by atoms with E-state index in [0.717, 1.165) is 16.7 Å². The van der Waals surface area contributed by atoms with Crippen molar-refractivity contribution < 1.29 is 28.6 Å². The fourth-order valence-electron chi connectivity index (χ4n) is 2.95. The third-order valence-corrected chi connectivity index (χ3v) is 5.12. The molecule has 7 heteroatoms. The van der Waals surface area contributed by atoms with E-state index < -0.39 is 7.60 Å². The molecule has 3 rings (SSSR count). The minimum atomic E-state index is -4.47. The van der Waals surface area contributed by atoms with Crippen molar-refractivity contribution in [2.45, 2.75) is 33.6 Å². The summed E-state index contributed by atoms with van der Waals surface area (Å²) in [7, 11) is -4.47. The minimum absolute atomic E-state index is 0.142. The summed E-state index contributed by atoms with van der Waals surface area (Å²) in [5.74, 6) is 1.53. The predicted molar refractivity (Wildman–Crippen MR) is 99.6 cm³/mol. The molecule has 0 unspecified atom stereocenters. The van der Waals surface area contributed by atoms with E-state index in [-0.39, 0.29) is 17.2 Å². The minimum Gasteiger partial charge on any atom is -0.508 e. The van der Waals surface area contributed by atoms with Crippen molar-refractivity contribution in [3.8, 4) is 17.2 Å². The Hall–Kier alpha value is -2.27. The van der Waals surface area contributed by atoms with Gasteiger partial charge in [-0.25, -0.2) is 0 Å². The molecule has 6 nitrogen and oxygen atoms in total. The Bertz CT molecular complexity index is 1030. The number of rotatable bonds is 4. The highest BCUT2D eigenvalue weighted by atomic mass is 31.2. The molecule has 0 radical (unpaired) electrons. The predicted octanol–water partition coefficient (Wildman–Crippen LogP) is 4.47. The van der Waals surface area contributed by atoms with Crippen molar-refractivity contribution >= 4 is 24.1 Å². The first-order valence-corrected chi connectivity index (χ1v) is 9.79. The summed E-state index contributed by atoms with van der Waals surface area (Å²) in [5.41, 5.74) is 2.33. The molecule has 1 heterocycles. The zero-order valence-electron chi connectivity index (χ0n) is 15.0. The van der Waals surface area contributed by atoms with Gasteiger partial charge in [0.25, 0.3) is 0 Å². The number of phenolic OH excluding ortho intramolecular Hbond substituents is 1. The Labute approximate surface area is 151 Å². The highest BCUT2D eigenvalue weighted by Gasteiger charge is 2.24. The Morgan fingerprint density at radius 3 is 2.42 bits per heavy atom. The molecule has 26 heavy (non-hydrogen) atoms. The number of hydrogen-bond acceptors (Lipinski definition) is 4. The van der Waals surface area contributed by atoms with Gasteiger partial charge < -0.3 is 24.0 Å². The van der Waals surface area contributed by atoms with E-state index in [1.807, 2.05) is 27.7 Å². The van der Waals surface area contributed by atoms with Crippen LogP contribution in [0.4, 0.5) is 0 Å². The van der Waals surface area contributed by atoms with Crippen molar-refractivity contribution in [1.29, 1.82) is 0 Å². The molecule has 138 valence electrons. The van der Waals surface area contributed by atoms with Crippen molar-refractivity contribution in [2.24, 2.45) is 0 Å². The van der Waals surface area contributed by atoms with Crippen LogP contribution in [0.5, 0.6) is 17.2 Å². The largest absolute Gasteiger partial charge is 0.508 e. The molecule has 2 aromatic carbocycles. The standard InChI is InChI=1S/C19H21O6P/c1-10(2)14-8-13(5-6-16(14)20)24-19-11(3)7-17-15(12(19)4)9-18(25-17)26(21,22)23/h5-10,20H,1-4H3,(H2,21,22,23). The van der Waals surface area contributed by atoms with E-state index in [1.54, 1.807) is 24.3 Å². The topological polar surface area (TPSA) is 100 Å². The van der Waals surface area contributed by atoms with E-state index in [0.29, 0.717) is 22.5 Å². The molecule has 0 atom stereocenters. The molecule has 0 aliphatic heterocycles. The fraction of sp³-hybridized carbons (Fsp3) is 0.263. The molecular formula is C19H21O6P.